The minimum absolute atomic E-state index is 0.147. The molecule has 1 aliphatic carbocycles. The number of para-hydroxylation sites is 2. The Labute approximate surface area is 176 Å². The number of hydrogen-bond acceptors (Lipinski definition) is 6. The molecule has 1 amide bonds. The SMILES string of the molecule is CC(=O)n1c(S[C@@H](C)C(=O)Nc2sc3c(c2C#N)CCCC3)nc2ccccc21. The molecule has 3 aromatic rings. The van der Waals surface area contributed by atoms with Gasteiger partial charge in [-0.05, 0) is 50.3 Å². The van der Waals surface area contributed by atoms with Crippen LogP contribution in [-0.2, 0) is 17.6 Å². The Morgan fingerprint density at radius 3 is 2.83 bits per heavy atom. The summed E-state index contributed by atoms with van der Waals surface area (Å²) in [5.74, 6) is -0.348. The van der Waals surface area contributed by atoms with Gasteiger partial charge < -0.3 is 5.32 Å². The van der Waals surface area contributed by atoms with E-state index in [9.17, 15) is 14.9 Å². The average Bonchev–Trinajstić information content (AvgIpc) is 3.24. The first kappa shape index (κ1) is 19.7. The predicted octanol–water partition coefficient (Wildman–Crippen LogP) is 4.63. The van der Waals surface area contributed by atoms with Crippen LogP contribution in [0.1, 0.15) is 47.5 Å². The number of hydrogen-bond donors (Lipinski definition) is 1. The summed E-state index contributed by atoms with van der Waals surface area (Å²) < 4.78 is 1.54. The van der Waals surface area contributed by atoms with Gasteiger partial charge in [-0.2, -0.15) is 5.26 Å². The molecule has 6 nitrogen and oxygen atoms in total. The molecule has 1 atom stereocenters. The summed E-state index contributed by atoms with van der Waals surface area (Å²) in [6.07, 6.45) is 4.08. The van der Waals surface area contributed by atoms with Crippen LogP contribution in [0.3, 0.4) is 0 Å². The molecule has 0 spiro atoms. The van der Waals surface area contributed by atoms with Crippen molar-refractivity contribution in [1.82, 2.24) is 9.55 Å². The minimum Gasteiger partial charge on any atom is -0.316 e. The lowest BCUT2D eigenvalue weighted by Crippen LogP contribution is -2.23. The van der Waals surface area contributed by atoms with Crippen molar-refractivity contribution in [2.45, 2.75) is 49.9 Å². The molecule has 148 valence electrons. The molecule has 1 N–H and O–H groups in total. The van der Waals surface area contributed by atoms with Crippen LogP contribution in [0.15, 0.2) is 29.4 Å². The van der Waals surface area contributed by atoms with Gasteiger partial charge in [-0.1, -0.05) is 23.9 Å². The van der Waals surface area contributed by atoms with Gasteiger partial charge in [0.25, 0.3) is 0 Å². The van der Waals surface area contributed by atoms with Crippen molar-refractivity contribution in [2.24, 2.45) is 0 Å². The van der Waals surface area contributed by atoms with Gasteiger partial charge >= 0.3 is 0 Å². The number of aromatic nitrogens is 2. The summed E-state index contributed by atoms with van der Waals surface area (Å²) in [6, 6.07) is 9.68. The Kier molecular flexibility index (Phi) is 5.43. The molecule has 0 saturated heterocycles. The van der Waals surface area contributed by atoms with Gasteiger partial charge in [0.15, 0.2) is 5.16 Å². The Balaban J connectivity index is 1.56. The second kappa shape index (κ2) is 8.01. The number of rotatable bonds is 4. The van der Waals surface area contributed by atoms with Crippen LogP contribution < -0.4 is 5.32 Å². The second-order valence-electron chi connectivity index (χ2n) is 7.01. The van der Waals surface area contributed by atoms with E-state index in [0.29, 0.717) is 15.7 Å². The zero-order valence-corrected chi connectivity index (χ0v) is 17.8. The Bertz CT molecular complexity index is 1160. The quantitative estimate of drug-likeness (QED) is 0.617. The van der Waals surface area contributed by atoms with E-state index in [0.717, 1.165) is 42.3 Å². The van der Waals surface area contributed by atoms with E-state index in [1.165, 1.54) is 39.5 Å². The minimum atomic E-state index is -0.476. The van der Waals surface area contributed by atoms with Crippen molar-refractivity contribution in [1.29, 1.82) is 5.26 Å². The molecule has 0 saturated carbocycles. The maximum Gasteiger partial charge on any atom is 0.238 e. The highest BCUT2D eigenvalue weighted by molar-refractivity contribution is 8.00. The van der Waals surface area contributed by atoms with Gasteiger partial charge in [0.2, 0.25) is 11.8 Å². The molecule has 0 aliphatic heterocycles. The maximum absolute atomic E-state index is 12.8. The van der Waals surface area contributed by atoms with Crippen LogP contribution in [0.4, 0.5) is 5.00 Å². The van der Waals surface area contributed by atoms with E-state index < -0.39 is 5.25 Å². The zero-order chi connectivity index (χ0) is 20.5. The topological polar surface area (TPSA) is 87.8 Å². The van der Waals surface area contributed by atoms with Gasteiger partial charge in [0.1, 0.15) is 11.1 Å². The van der Waals surface area contributed by atoms with Gasteiger partial charge in [0, 0.05) is 11.8 Å². The van der Waals surface area contributed by atoms with E-state index in [1.807, 2.05) is 24.3 Å². The van der Waals surface area contributed by atoms with E-state index in [-0.39, 0.29) is 11.8 Å². The van der Waals surface area contributed by atoms with Crippen molar-refractivity contribution >= 4 is 50.9 Å². The molecule has 0 unspecified atom stereocenters. The second-order valence-corrected chi connectivity index (χ2v) is 9.43. The van der Waals surface area contributed by atoms with Crippen molar-refractivity contribution in [3.63, 3.8) is 0 Å². The number of fused-ring (bicyclic) bond motifs is 2. The number of nitrogens with zero attached hydrogens (tertiary/aromatic N) is 3. The third kappa shape index (κ3) is 3.68. The summed E-state index contributed by atoms with van der Waals surface area (Å²) in [5.41, 5.74) is 3.15. The van der Waals surface area contributed by atoms with Gasteiger partial charge in [-0.15, -0.1) is 11.3 Å². The van der Waals surface area contributed by atoms with Gasteiger partial charge in [-0.25, -0.2) is 4.98 Å². The first-order chi connectivity index (χ1) is 14.0. The van der Waals surface area contributed by atoms with Crippen LogP contribution >= 0.6 is 23.1 Å². The van der Waals surface area contributed by atoms with E-state index in [4.69, 9.17) is 0 Å². The maximum atomic E-state index is 12.8. The number of thiophene rings is 1. The molecular weight excluding hydrogens is 404 g/mol. The summed E-state index contributed by atoms with van der Waals surface area (Å²) in [6.45, 7) is 3.27. The zero-order valence-electron chi connectivity index (χ0n) is 16.2. The smallest absolute Gasteiger partial charge is 0.238 e. The Hall–Kier alpha value is -2.63. The summed E-state index contributed by atoms with van der Waals surface area (Å²) in [7, 11) is 0. The fraction of sp³-hybridized carbons (Fsp3) is 0.333. The number of benzene rings is 1. The van der Waals surface area contributed by atoms with Crippen LogP contribution in [-0.4, -0.2) is 26.6 Å². The number of carbonyl (C=O) groups is 2. The van der Waals surface area contributed by atoms with E-state index in [1.54, 1.807) is 6.92 Å². The highest BCUT2D eigenvalue weighted by Crippen LogP contribution is 2.38. The molecule has 0 bridgehead atoms. The number of nitrogens with one attached hydrogen (secondary N) is 1. The van der Waals surface area contributed by atoms with Crippen LogP contribution in [0.2, 0.25) is 0 Å². The standard InChI is InChI=1S/C21H20N4O2S2/c1-12(28-21-23-16-8-4-5-9-17(16)25(21)13(2)26)19(27)24-20-15(11-22)14-7-3-6-10-18(14)29-20/h4-5,8-9,12H,3,6-7,10H2,1-2H3,(H,24,27)/t12-/m0/s1. The number of aryl methyl sites for hydroxylation is 1. The van der Waals surface area contributed by atoms with Gasteiger partial charge in [0.05, 0.1) is 21.8 Å². The third-order valence-electron chi connectivity index (χ3n) is 5.02. The Morgan fingerprint density at radius 2 is 2.07 bits per heavy atom. The number of imidazole rings is 1. The fourth-order valence-electron chi connectivity index (χ4n) is 3.58. The van der Waals surface area contributed by atoms with E-state index in [2.05, 4.69) is 16.4 Å². The first-order valence-electron chi connectivity index (χ1n) is 9.50. The molecule has 1 aromatic carbocycles. The lowest BCUT2D eigenvalue weighted by atomic mass is 9.96. The molecule has 2 aromatic heterocycles. The fourth-order valence-corrected chi connectivity index (χ4v) is 5.79. The largest absolute Gasteiger partial charge is 0.316 e. The van der Waals surface area contributed by atoms with Crippen LogP contribution in [0.25, 0.3) is 11.0 Å². The van der Waals surface area contributed by atoms with Crippen molar-refractivity contribution in [3.05, 3.63) is 40.3 Å². The molecule has 0 radical (unpaired) electrons. The molecule has 8 heteroatoms. The Morgan fingerprint density at radius 1 is 1.31 bits per heavy atom. The predicted molar refractivity (Wildman–Crippen MR) is 116 cm³/mol. The number of nitriles is 1. The summed E-state index contributed by atoms with van der Waals surface area (Å²) in [5, 5.41) is 13.2. The normalized spacial score (nSPS) is 14.2. The first-order valence-corrected chi connectivity index (χ1v) is 11.2. The molecule has 29 heavy (non-hydrogen) atoms. The lowest BCUT2D eigenvalue weighted by molar-refractivity contribution is -0.115. The number of carbonyl (C=O) groups excluding carboxylic acids is 2. The molecule has 1 aliphatic rings. The number of thioether (sulfide) groups is 1. The van der Waals surface area contributed by atoms with Crippen molar-refractivity contribution in [2.75, 3.05) is 5.32 Å². The molecule has 2 heterocycles. The number of amides is 1. The van der Waals surface area contributed by atoms with Gasteiger partial charge in [-0.3, -0.25) is 14.2 Å². The lowest BCUT2D eigenvalue weighted by Gasteiger charge is -2.11. The average molecular weight is 425 g/mol. The summed E-state index contributed by atoms with van der Waals surface area (Å²) in [4.78, 5) is 30.7. The monoisotopic (exact) mass is 424 g/mol. The van der Waals surface area contributed by atoms with E-state index >= 15 is 0 Å². The summed E-state index contributed by atoms with van der Waals surface area (Å²) >= 11 is 2.75. The van der Waals surface area contributed by atoms with Crippen LogP contribution in [0, 0.1) is 11.3 Å². The molecule has 4 rings (SSSR count). The van der Waals surface area contributed by atoms with Crippen molar-refractivity contribution < 1.29 is 9.59 Å². The highest BCUT2D eigenvalue weighted by Gasteiger charge is 2.25. The highest BCUT2D eigenvalue weighted by atomic mass is 32.2. The number of anilines is 1. The van der Waals surface area contributed by atoms with Crippen molar-refractivity contribution in [3.8, 4) is 6.07 Å². The third-order valence-corrected chi connectivity index (χ3v) is 7.28. The molecule has 0 fully saturated rings. The van der Waals surface area contributed by atoms with Crippen LogP contribution in [0.5, 0.6) is 0 Å². The molecular formula is C21H20N4O2S2.